The standard InChI is InChI=1S/C18H22N2O2S/c1-11-8-15-16(9-12(11)2)23-18(19-15)20(17(21)13-5-6-13)10-14-4-3-7-22-14/h8-9,13-14H,3-7,10H2,1-2H3. The molecular weight excluding hydrogens is 308 g/mol. The number of hydrogen-bond donors (Lipinski definition) is 0. The average Bonchev–Trinajstić information content (AvgIpc) is 3.11. The fourth-order valence-corrected chi connectivity index (χ4v) is 4.15. The fourth-order valence-electron chi connectivity index (χ4n) is 3.09. The highest BCUT2D eigenvalue weighted by atomic mass is 32.1. The lowest BCUT2D eigenvalue weighted by Gasteiger charge is -2.22. The molecule has 1 aliphatic heterocycles. The Kier molecular flexibility index (Phi) is 3.85. The van der Waals surface area contributed by atoms with Crippen LogP contribution in [0, 0.1) is 19.8 Å². The Bertz CT molecular complexity index is 706. The number of carbonyl (C=O) groups excluding carboxylic acids is 1. The van der Waals surface area contributed by atoms with E-state index in [1.54, 1.807) is 11.3 Å². The van der Waals surface area contributed by atoms with Gasteiger partial charge < -0.3 is 4.74 Å². The summed E-state index contributed by atoms with van der Waals surface area (Å²) in [4.78, 5) is 19.4. The van der Waals surface area contributed by atoms with Crippen molar-refractivity contribution in [1.82, 2.24) is 4.98 Å². The molecular formula is C18H22N2O2S. The zero-order valence-corrected chi connectivity index (χ0v) is 14.5. The molecule has 2 fully saturated rings. The normalized spacial score (nSPS) is 21.0. The van der Waals surface area contributed by atoms with Gasteiger partial charge in [0.25, 0.3) is 0 Å². The van der Waals surface area contributed by atoms with E-state index >= 15 is 0 Å². The molecule has 4 nitrogen and oxygen atoms in total. The summed E-state index contributed by atoms with van der Waals surface area (Å²) in [7, 11) is 0. The van der Waals surface area contributed by atoms with E-state index in [0.717, 1.165) is 47.6 Å². The van der Waals surface area contributed by atoms with E-state index in [2.05, 4.69) is 26.0 Å². The number of ether oxygens (including phenoxy) is 1. The molecule has 0 radical (unpaired) electrons. The lowest BCUT2D eigenvalue weighted by atomic mass is 10.1. The minimum atomic E-state index is 0.160. The first-order valence-electron chi connectivity index (χ1n) is 8.42. The molecule has 1 unspecified atom stereocenters. The largest absolute Gasteiger partial charge is 0.376 e. The summed E-state index contributed by atoms with van der Waals surface area (Å²) in [6.45, 7) is 5.68. The van der Waals surface area contributed by atoms with Crippen LogP contribution in [0.2, 0.25) is 0 Å². The lowest BCUT2D eigenvalue weighted by Crippen LogP contribution is -2.38. The first kappa shape index (κ1) is 15.1. The molecule has 0 bridgehead atoms. The summed E-state index contributed by atoms with van der Waals surface area (Å²) >= 11 is 1.62. The number of hydrogen-bond acceptors (Lipinski definition) is 4. The quantitative estimate of drug-likeness (QED) is 0.855. The van der Waals surface area contributed by atoms with Gasteiger partial charge in [0.15, 0.2) is 5.13 Å². The molecule has 23 heavy (non-hydrogen) atoms. The summed E-state index contributed by atoms with van der Waals surface area (Å²) in [6.07, 6.45) is 4.33. The third kappa shape index (κ3) is 3.00. The van der Waals surface area contributed by atoms with Crippen molar-refractivity contribution in [3.05, 3.63) is 23.3 Å². The molecule has 122 valence electrons. The highest BCUT2D eigenvalue weighted by Gasteiger charge is 2.36. The fraction of sp³-hybridized carbons (Fsp3) is 0.556. The van der Waals surface area contributed by atoms with Crippen molar-refractivity contribution < 1.29 is 9.53 Å². The van der Waals surface area contributed by atoms with Crippen molar-refractivity contribution in [2.24, 2.45) is 5.92 Å². The van der Waals surface area contributed by atoms with E-state index in [1.807, 2.05) is 4.90 Å². The Morgan fingerprint density at radius 3 is 2.78 bits per heavy atom. The van der Waals surface area contributed by atoms with E-state index in [4.69, 9.17) is 9.72 Å². The van der Waals surface area contributed by atoms with Crippen molar-refractivity contribution in [2.45, 2.75) is 45.6 Å². The molecule has 4 rings (SSSR count). The molecule has 1 aliphatic carbocycles. The molecule has 1 saturated carbocycles. The van der Waals surface area contributed by atoms with E-state index in [1.165, 1.54) is 11.1 Å². The Labute approximate surface area is 140 Å². The summed E-state index contributed by atoms with van der Waals surface area (Å²) in [5.41, 5.74) is 3.51. The predicted octanol–water partition coefficient (Wildman–Crippen LogP) is 3.84. The Morgan fingerprint density at radius 1 is 1.30 bits per heavy atom. The molecule has 2 heterocycles. The molecule has 1 amide bonds. The van der Waals surface area contributed by atoms with Crippen LogP contribution in [0.1, 0.15) is 36.8 Å². The van der Waals surface area contributed by atoms with Gasteiger partial charge in [-0.05, 0) is 62.8 Å². The second-order valence-electron chi connectivity index (χ2n) is 6.76. The first-order valence-corrected chi connectivity index (χ1v) is 9.24. The van der Waals surface area contributed by atoms with Crippen LogP contribution in [0.5, 0.6) is 0 Å². The smallest absolute Gasteiger partial charge is 0.231 e. The van der Waals surface area contributed by atoms with Crippen LogP contribution >= 0.6 is 11.3 Å². The number of benzene rings is 1. The highest BCUT2D eigenvalue weighted by molar-refractivity contribution is 7.22. The number of aromatic nitrogens is 1. The van der Waals surface area contributed by atoms with Crippen LogP contribution in [0.4, 0.5) is 5.13 Å². The molecule has 2 aliphatic rings. The minimum absolute atomic E-state index is 0.160. The SMILES string of the molecule is Cc1cc2nc(N(CC3CCCO3)C(=O)C3CC3)sc2cc1C. The maximum atomic E-state index is 12.7. The lowest BCUT2D eigenvalue weighted by molar-refractivity contribution is -0.120. The van der Waals surface area contributed by atoms with E-state index in [9.17, 15) is 4.79 Å². The van der Waals surface area contributed by atoms with Gasteiger partial charge in [-0.15, -0.1) is 0 Å². The van der Waals surface area contributed by atoms with Gasteiger partial charge in [0, 0.05) is 12.5 Å². The number of fused-ring (bicyclic) bond motifs is 1. The molecule has 5 heteroatoms. The topological polar surface area (TPSA) is 42.4 Å². The second-order valence-corrected chi connectivity index (χ2v) is 7.77. The number of aryl methyl sites for hydroxylation is 2. The van der Waals surface area contributed by atoms with Gasteiger partial charge in [-0.25, -0.2) is 4.98 Å². The Balaban J connectivity index is 1.68. The molecule has 1 aromatic heterocycles. The van der Waals surface area contributed by atoms with Crippen LogP contribution < -0.4 is 4.90 Å². The van der Waals surface area contributed by atoms with Crippen LogP contribution in [0.3, 0.4) is 0 Å². The minimum Gasteiger partial charge on any atom is -0.376 e. The van der Waals surface area contributed by atoms with E-state index in [-0.39, 0.29) is 17.9 Å². The second kappa shape index (κ2) is 5.87. The number of rotatable bonds is 4. The molecule has 1 aromatic carbocycles. The van der Waals surface area contributed by atoms with Gasteiger partial charge in [0.2, 0.25) is 5.91 Å². The zero-order valence-electron chi connectivity index (χ0n) is 13.7. The molecule has 0 spiro atoms. The number of anilines is 1. The van der Waals surface area contributed by atoms with Crippen LogP contribution in [0.25, 0.3) is 10.2 Å². The van der Waals surface area contributed by atoms with E-state index in [0.29, 0.717) is 6.54 Å². The van der Waals surface area contributed by atoms with Gasteiger partial charge in [-0.3, -0.25) is 9.69 Å². The number of thiazole rings is 1. The maximum absolute atomic E-state index is 12.7. The maximum Gasteiger partial charge on any atom is 0.231 e. The van der Waals surface area contributed by atoms with Crippen molar-refractivity contribution >= 4 is 32.6 Å². The van der Waals surface area contributed by atoms with E-state index < -0.39 is 0 Å². The van der Waals surface area contributed by atoms with Gasteiger partial charge in [0.05, 0.1) is 22.9 Å². The third-order valence-electron chi connectivity index (χ3n) is 4.83. The molecule has 1 saturated heterocycles. The van der Waals surface area contributed by atoms with Crippen molar-refractivity contribution in [3.63, 3.8) is 0 Å². The molecule has 0 N–H and O–H groups in total. The summed E-state index contributed by atoms with van der Waals surface area (Å²) in [6, 6.07) is 4.30. The van der Waals surface area contributed by atoms with Crippen molar-refractivity contribution in [2.75, 3.05) is 18.1 Å². The highest BCUT2D eigenvalue weighted by Crippen LogP contribution is 2.36. The molecule has 1 atom stereocenters. The monoisotopic (exact) mass is 330 g/mol. The molecule has 2 aromatic rings. The van der Waals surface area contributed by atoms with Crippen LogP contribution in [-0.4, -0.2) is 30.1 Å². The summed E-state index contributed by atoms with van der Waals surface area (Å²) in [5, 5.41) is 0.831. The summed E-state index contributed by atoms with van der Waals surface area (Å²) < 4.78 is 6.91. The van der Waals surface area contributed by atoms with Crippen molar-refractivity contribution in [1.29, 1.82) is 0 Å². The predicted molar refractivity (Wildman–Crippen MR) is 93.1 cm³/mol. The number of amides is 1. The van der Waals surface area contributed by atoms with Crippen LogP contribution in [0.15, 0.2) is 12.1 Å². The number of nitrogens with zero attached hydrogens (tertiary/aromatic N) is 2. The first-order chi connectivity index (χ1) is 11.1. The number of carbonyl (C=O) groups is 1. The van der Waals surface area contributed by atoms with Gasteiger partial charge >= 0.3 is 0 Å². The van der Waals surface area contributed by atoms with Gasteiger partial charge in [0.1, 0.15) is 0 Å². The van der Waals surface area contributed by atoms with Gasteiger partial charge in [-0.1, -0.05) is 11.3 Å². The third-order valence-corrected chi connectivity index (χ3v) is 5.87. The Hall–Kier alpha value is -1.46. The van der Waals surface area contributed by atoms with Crippen molar-refractivity contribution in [3.8, 4) is 0 Å². The zero-order chi connectivity index (χ0) is 16.0. The average molecular weight is 330 g/mol. The Morgan fingerprint density at radius 2 is 2.09 bits per heavy atom. The van der Waals surface area contributed by atoms with Gasteiger partial charge in [-0.2, -0.15) is 0 Å². The summed E-state index contributed by atoms with van der Waals surface area (Å²) in [5.74, 6) is 0.430. The van der Waals surface area contributed by atoms with Crippen LogP contribution in [-0.2, 0) is 9.53 Å².